The molecular weight excluding hydrogens is 396 g/mol. The minimum atomic E-state index is 0.0320. The van der Waals surface area contributed by atoms with Gasteiger partial charge in [-0.15, -0.1) is 10.2 Å². The second kappa shape index (κ2) is 8.77. The van der Waals surface area contributed by atoms with Gasteiger partial charge in [0.05, 0.1) is 6.54 Å². The largest absolute Gasteiger partial charge is 0.419 e. The molecule has 1 saturated heterocycles. The van der Waals surface area contributed by atoms with E-state index in [9.17, 15) is 4.79 Å². The summed E-state index contributed by atoms with van der Waals surface area (Å²) in [5, 5.41) is 11.4. The molecule has 1 aromatic heterocycles. The van der Waals surface area contributed by atoms with Crippen molar-refractivity contribution >= 4 is 21.8 Å². The van der Waals surface area contributed by atoms with Crippen molar-refractivity contribution in [2.24, 2.45) is 11.8 Å². The lowest BCUT2D eigenvalue weighted by Gasteiger charge is -2.31. The maximum absolute atomic E-state index is 11.8. The highest BCUT2D eigenvalue weighted by Crippen LogP contribution is 2.23. The van der Waals surface area contributed by atoms with Crippen LogP contribution in [0.5, 0.6) is 0 Å². The Balaban J connectivity index is 1.55. The number of amides is 1. The first kappa shape index (κ1) is 19.0. The molecule has 1 aromatic carbocycles. The highest BCUT2D eigenvalue weighted by Gasteiger charge is 2.22. The molecule has 3 rings (SSSR count). The number of hydrogen-bond donors (Lipinski definition) is 1. The zero-order valence-corrected chi connectivity index (χ0v) is 16.8. The average molecular weight is 421 g/mol. The van der Waals surface area contributed by atoms with Crippen molar-refractivity contribution in [3.63, 3.8) is 0 Å². The van der Waals surface area contributed by atoms with Gasteiger partial charge in [-0.1, -0.05) is 35.8 Å². The number of hydrogen-bond acceptors (Lipinski definition) is 5. The molecule has 1 N–H and O–H groups in total. The summed E-state index contributed by atoms with van der Waals surface area (Å²) in [6, 6.07) is 7.83. The number of nitrogens with one attached hydrogen (secondary N) is 1. The normalized spacial score (nSPS) is 18.2. The van der Waals surface area contributed by atoms with Gasteiger partial charge in [0.15, 0.2) is 0 Å². The molecule has 2 heterocycles. The Morgan fingerprint density at radius 1 is 1.42 bits per heavy atom. The summed E-state index contributed by atoms with van der Waals surface area (Å²) in [5.74, 6) is 1.80. The molecule has 2 aromatic rings. The number of piperidine rings is 1. The third-order valence-corrected chi connectivity index (χ3v) is 5.08. The molecule has 0 spiro atoms. The fraction of sp³-hybridized carbons (Fsp3) is 0.526. The van der Waals surface area contributed by atoms with E-state index in [-0.39, 0.29) is 11.8 Å². The first-order chi connectivity index (χ1) is 12.5. The van der Waals surface area contributed by atoms with Crippen molar-refractivity contribution < 1.29 is 9.21 Å². The van der Waals surface area contributed by atoms with Gasteiger partial charge < -0.3 is 9.73 Å². The SMILES string of the molecule is CC(C)C(=O)NC[C@@H]1CCCN(Cc2nnc(-c3cccc(Br)c3)o2)C1. The van der Waals surface area contributed by atoms with Crippen molar-refractivity contribution in [2.45, 2.75) is 33.2 Å². The molecule has 140 valence electrons. The second-order valence-corrected chi connectivity index (χ2v) is 8.07. The van der Waals surface area contributed by atoms with Gasteiger partial charge in [-0.2, -0.15) is 0 Å². The van der Waals surface area contributed by atoms with E-state index in [0.29, 0.717) is 24.2 Å². The van der Waals surface area contributed by atoms with Crippen LogP contribution in [0.25, 0.3) is 11.5 Å². The monoisotopic (exact) mass is 420 g/mol. The average Bonchev–Trinajstić information content (AvgIpc) is 3.08. The van der Waals surface area contributed by atoms with Crippen LogP contribution in [0.4, 0.5) is 0 Å². The van der Waals surface area contributed by atoms with E-state index in [1.807, 2.05) is 38.1 Å². The molecule has 6 nitrogen and oxygen atoms in total. The Bertz CT molecular complexity index is 747. The number of likely N-dealkylation sites (tertiary alicyclic amines) is 1. The Hall–Kier alpha value is -1.73. The maximum Gasteiger partial charge on any atom is 0.247 e. The third kappa shape index (κ3) is 5.14. The summed E-state index contributed by atoms with van der Waals surface area (Å²) in [6.07, 6.45) is 2.26. The zero-order chi connectivity index (χ0) is 18.5. The molecule has 0 aliphatic carbocycles. The Kier molecular flexibility index (Phi) is 6.43. The molecule has 1 aliphatic rings. The molecule has 0 radical (unpaired) electrons. The van der Waals surface area contributed by atoms with E-state index in [0.717, 1.165) is 42.5 Å². The van der Waals surface area contributed by atoms with Gasteiger partial charge in [-0.25, -0.2) is 0 Å². The van der Waals surface area contributed by atoms with Crippen LogP contribution in [0, 0.1) is 11.8 Å². The van der Waals surface area contributed by atoms with Crippen molar-refractivity contribution in [1.29, 1.82) is 0 Å². The van der Waals surface area contributed by atoms with Crippen LogP contribution in [0.1, 0.15) is 32.6 Å². The van der Waals surface area contributed by atoms with Crippen molar-refractivity contribution in [3.8, 4) is 11.5 Å². The Morgan fingerprint density at radius 2 is 2.27 bits per heavy atom. The molecule has 1 atom stereocenters. The van der Waals surface area contributed by atoms with E-state index in [1.54, 1.807) is 0 Å². The van der Waals surface area contributed by atoms with Gasteiger partial charge in [0.2, 0.25) is 17.7 Å². The third-order valence-electron chi connectivity index (χ3n) is 4.59. The fourth-order valence-corrected chi connectivity index (χ4v) is 3.56. The predicted molar refractivity (Wildman–Crippen MR) is 103 cm³/mol. The van der Waals surface area contributed by atoms with Gasteiger partial charge in [0.25, 0.3) is 0 Å². The summed E-state index contributed by atoms with van der Waals surface area (Å²) in [4.78, 5) is 14.1. The minimum absolute atomic E-state index is 0.0320. The van der Waals surface area contributed by atoms with Crippen LogP contribution in [0.15, 0.2) is 33.2 Å². The topological polar surface area (TPSA) is 71.3 Å². The predicted octanol–water partition coefficient (Wildman–Crippen LogP) is 3.48. The van der Waals surface area contributed by atoms with Crippen LogP contribution in [-0.2, 0) is 11.3 Å². The Labute approximate surface area is 162 Å². The van der Waals surface area contributed by atoms with E-state index in [2.05, 4.69) is 36.3 Å². The van der Waals surface area contributed by atoms with Gasteiger partial charge in [0.1, 0.15) is 0 Å². The molecule has 7 heteroatoms. The van der Waals surface area contributed by atoms with Crippen LogP contribution in [0.2, 0.25) is 0 Å². The van der Waals surface area contributed by atoms with E-state index in [1.165, 1.54) is 0 Å². The molecule has 0 saturated carbocycles. The van der Waals surface area contributed by atoms with Crippen molar-refractivity contribution in [2.75, 3.05) is 19.6 Å². The number of carbonyl (C=O) groups excluding carboxylic acids is 1. The number of carbonyl (C=O) groups is 1. The van der Waals surface area contributed by atoms with Gasteiger partial charge in [0, 0.05) is 29.0 Å². The zero-order valence-electron chi connectivity index (χ0n) is 15.2. The van der Waals surface area contributed by atoms with Gasteiger partial charge in [-0.3, -0.25) is 9.69 Å². The number of aromatic nitrogens is 2. The fourth-order valence-electron chi connectivity index (χ4n) is 3.16. The maximum atomic E-state index is 11.8. The number of nitrogens with zero attached hydrogens (tertiary/aromatic N) is 3. The first-order valence-corrected chi connectivity index (χ1v) is 9.89. The van der Waals surface area contributed by atoms with Crippen LogP contribution < -0.4 is 5.32 Å². The summed E-state index contributed by atoms with van der Waals surface area (Å²) in [6.45, 7) is 7.17. The van der Waals surface area contributed by atoms with Gasteiger partial charge in [-0.05, 0) is 43.5 Å². The highest BCUT2D eigenvalue weighted by molar-refractivity contribution is 9.10. The summed E-state index contributed by atoms with van der Waals surface area (Å²) >= 11 is 3.46. The summed E-state index contributed by atoms with van der Waals surface area (Å²) < 4.78 is 6.82. The molecule has 1 aliphatic heterocycles. The standard InChI is InChI=1S/C19H25BrN4O2/c1-13(2)18(25)21-10-14-5-4-8-24(11-14)12-17-22-23-19(26-17)15-6-3-7-16(20)9-15/h3,6-7,9,13-14H,4-5,8,10-12H2,1-2H3,(H,21,25)/t14-/m0/s1. The molecular formula is C19H25BrN4O2. The van der Waals surface area contributed by atoms with E-state index >= 15 is 0 Å². The first-order valence-electron chi connectivity index (χ1n) is 9.09. The molecule has 0 unspecified atom stereocenters. The molecule has 26 heavy (non-hydrogen) atoms. The lowest BCUT2D eigenvalue weighted by molar-refractivity contribution is -0.124. The van der Waals surface area contributed by atoms with Crippen LogP contribution >= 0.6 is 15.9 Å². The molecule has 0 bridgehead atoms. The van der Waals surface area contributed by atoms with Crippen LogP contribution in [0.3, 0.4) is 0 Å². The minimum Gasteiger partial charge on any atom is -0.419 e. The van der Waals surface area contributed by atoms with E-state index in [4.69, 9.17) is 4.42 Å². The quantitative estimate of drug-likeness (QED) is 0.774. The highest BCUT2D eigenvalue weighted by atomic mass is 79.9. The van der Waals surface area contributed by atoms with Crippen molar-refractivity contribution in [3.05, 3.63) is 34.6 Å². The lowest BCUT2D eigenvalue weighted by atomic mass is 9.98. The molecule has 1 fully saturated rings. The van der Waals surface area contributed by atoms with Crippen LogP contribution in [-0.4, -0.2) is 40.6 Å². The second-order valence-electron chi connectivity index (χ2n) is 7.15. The summed E-state index contributed by atoms with van der Waals surface area (Å²) in [7, 11) is 0. The summed E-state index contributed by atoms with van der Waals surface area (Å²) in [5.41, 5.74) is 0.908. The van der Waals surface area contributed by atoms with Crippen molar-refractivity contribution in [1.82, 2.24) is 20.4 Å². The Morgan fingerprint density at radius 3 is 3.04 bits per heavy atom. The number of rotatable bonds is 6. The van der Waals surface area contributed by atoms with E-state index < -0.39 is 0 Å². The number of halogens is 1. The number of benzene rings is 1. The molecule has 1 amide bonds. The van der Waals surface area contributed by atoms with Gasteiger partial charge >= 0.3 is 0 Å². The lowest BCUT2D eigenvalue weighted by Crippen LogP contribution is -2.41. The smallest absolute Gasteiger partial charge is 0.247 e.